The van der Waals surface area contributed by atoms with Gasteiger partial charge in [-0.25, -0.2) is 9.59 Å². The molecule has 30 heavy (non-hydrogen) atoms. The number of aromatic nitrogens is 1. The monoisotopic (exact) mass is 411 g/mol. The third-order valence-corrected chi connectivity index (χ3v) is 5.38. The van der Waals surface area contributed by atoms with Gasteiger partial charge in [0.25, 0.3) is 0 Å². The molecular formula is C23H29N3O4. The molecule has 0 radical (unpaired) electrons. The first-order valence-electron chi connectivity index (χ1n) is 10.3. The number of hydrogen-bond acceptors (Lipinski definition) is 4. The molecule has 0 unspecified atom stereocenters. The van der Waals surface area contributed by atoms with E-state index in [4.69, 9.17) is 4.74 Å². The second kappa shape index (κ2) is 8.73. The van der Waals surface area contributed by atoms with Crippen LogP contribution in [0.3, 0.4) is 0 Å². The van der Waals surface area contributed by atoms with Gasteiger partial charge in [-0.15, -0.1) is 0 Å². The number of aromatic amines is 1. The Hall–Kier alpha value is -3.09. The number of anilines is 1. The molecule has 0 atom stereocenters. The molecule has 0 spiro atoms. The minimum absolute atomic E-state index is 0.0385. The number of benzene rings is 1. The summed E-state index contributed by atoms with van der Waals surface area (Å²) < 4.78 is 5.05. The van der Waals surface area contributed by atoms with Crippen molar-refractivity contribution in [2.45, 2.75) is 53.5 Å². The lowest BCUT2D eigenvalue weighted by Crippen LogP contribution is -2.40. The quantitative estimate of drug-likeness (QED) is 0.525. The number of H-pyrrole nitrogens is 1. The highest BCUT2D eigenvalue weighted by Crippen LogP contribution is 2.29. The van der Waals surface area contributed by atoms with Crippen LogP contribution in [0.25, 0.3) is 0 Å². The standard InChI is InChI=1S/C23H29N3O4/c1-6-30-22(28)21-15(4)20(16(5)24-21)19(27)12-26(17-8-9-17)23(29)25-18-10-7-13(2)11-14(18)3/h7,10-11,17,24H,6,8-9,12H2,1-5H3,(H,25,29). The summed E-state index contributed by atoms with van der Waals surface area (Å²) in [4.78, 5) is 42.7. The molecule has 7 nitrogen and oxygen atoms in total. The molecule has 0 bridgehead atoms. The molecular weight excluding hydrogens is 382 g/mol. The van der Waals surface area contributed by atoms with E-state index >= 15 is 0 Å². The van der Waals surface area contributed by atoms with Crippen LogP contribution in [-0.4, -0.2) is 46.9 Å². The van der Waals surface area contributed by atoms with Crippen molar-refractivity contribution >= 4 is 23.5 Å². The number of ketones is 1. The first kappa shape index (κ1) is 21.6. The van der Waals surface area contributed by atoms with Gasteiger partial charge in [0, 0.05) is 23.0 Å². The number of amides is 2. The molecule has 0 aliphatic heterocycles. The predicted molar refractivity (Wildman–Crippen MR) is 115 cm³/mol. The summed E-state index contributed by atoms with van der Waals surface area (Å²) >= 11 is 0. The average molecular weight is 412 g/mol. The maximum absolute atomic E-state index is 13.1. The van der Waals surface area contributed by atoms with E-state index in [9.17, 15) is 14.4 Å². The summed E-state index contributed by atoms with van der Waals surface area (Å²) in [5, 5.41) is 2.94. The molecule has 7 heteroatoms. The van der Waals surface area contributed by atoms with E-state index in [1.54, 1.807) is 25.7 Å². The summed E-state index contributed by atoms with van der Waals surface area (Å²) in [6.07, 6.45) is 1.76. The highest BCUT2D eigenvalue weighted by atomic mass is 16.5. The average Bonchev–Trinajstić information content (AvgIpc) is 3.46. The van der Waals surface area contributed by atoms with Gasteiger partial charge >= 0.3 is 12.0 Å². The number of nitrogens with zero attached hydrogens (tertiary/aromatic N) is 1. The minimum Gasteiger partial charge on any atom is -0.461 e. The van der Waals surface area contributed by atoms with Gasteiger partial charge in [0.1, 0.15) is 5.69 Å². The van der Waals surface area contributed by atoms with Gasteiger partial charge < -0.3 is 19.9 Å². The molecule has 2 aromatic rings. The van der Waals surface area contributed by atoms with E-state index in [-0.39, 0.29) is 36.7 Å². The second-order valence-corrected chi connectivity index (χ2v) is 7.88. The molecule has 1 aromatic heterocycles. The van der Waals surface area contributed by atoms with E-state index in [0.717, 1.165) is 29.7 Å². The molecule has 1 saturated carbocycles. The van der Waals surface area contributed by atoms with Crippen molar-refractivity contribution in [3.63, 3.8) is 0 Å². The molecule has 1 aliphatic carbocycles. The highest BCUT2D eigenvalue weighted by molar-refractivity contribution is 6.05. The van der Waals surface area contributed by atoms with Gasteiger partial charge in [-0.1, -0.05) is 17.7 Å². The van der Waals surface area contributed by atoms with Crippen molar-refractivity contribution in [3.05, 3.63) is 51.8 Å². The van der Waals surface area contributed by atoms with Crippen LogP contribution in [0.2, 0.25) is 0 Å². The van der Waals surface area contributed by atoms with Crippen LogP contribution in [0.1, 0.15) is 63.0 Å². The van der Waals surface area contributed by atoms with Gasteiger partial charge in [-0.05, 0) is 64.7 Å². The van der Waals surface area contributed by atoms with E-state index in [0.29, 0.717) is 16.8 Å². The molecule has 0 saturated heterocycles. The largest absolute Gasteiger partial charge is 0.461 e. The Bertz CT molecular complexity index is 989. The van der Waals surface area contributed by atoms with Crippen molar-refractivity contribution in [3.8, 4) is 0 Å². The van der Waals surface area contributed by atoms with Crippen molar-refractivity contribution < 1.29 is 19.1 Å². The fraction of sp³-hybridized carbons (Fsp3) is 0.435. The zero-order valence-corrected chi connectivity index (χ0v) is 18.2. The maximum Gasteiger partial charge on any atom is 0.355 e. The number of carbonyl (C=O) groups is 3. The Morgan fingerprint density at radius 1 is 1.17 bits per heavy atom. The molecule has 2 N–H and O–H groups in total. The zero-order chi connectivity index (χ0) is 22.0. The molecule has 3 rings (SSSR count). The molecule has 160 valence electrons. The van der Waals surface area contributed by atoms with Crippen LogP contribution in [0, 0.1) is 27.7 Å². The van der Waals surface area contributed by atoms with Crippen LogP contribution in [0.15, 0.2) is 18.2 Å². The summed E-state index contributed by atoms with van der Waals surface area (Å²) in [6, 6.07) is 5.60. The number of hydrogen-bond donors (Lipinski definition) is 2. The number of Topliss-reactive ketones (excluding diaryl/α,β-unsaturated/α-hetero) is 1. The lowest BCUT2D eigenvalue weighted by Gasteiger charge is -2.23. The number of aryl methyl sites for hydroxylation is 3. The molecule has 1 aliphatic rings. The molecule has 1 heterocycles. The normalized spacial score (nSPS) is 13.1. The van der Waals surface area contributed by atoms with Crippen molar-refractivity contribution in [2.24, 2.45) is 0 Å². The zero-order valence-electron chi connectivity index (χ0n) is 18.2. The fourth-order valence-corrected chi connectivity index (χ4v) is 3.70. The van der Waals surface area contributed by atoms with E-state index in [1.165, 1.54) is 0 Å². The maximum atomic E-state index is 13.1. The first-order chi connectivity index (χ1) is 14.2. The predicted octanol–water partition coefficient (Wildman–Crippen LogP) is 4.30. The van der Waals surface area contributed by atoms with Crippen LogP contribution < -0.4 is 5.32 Å². The Kier molecular flexibility index (Phi) is 6.29. The van der Waals surface area contributed by atoms with E-state index < -0.39 is 5.97 Å². The van der Waals surface area contributed by atoms with Crippen molar-refractivity contribution in [1.29, 1.82) is 0 Å². The van der Waals surface area contributed by atoms with Gasteiger partial charge in [0.2, 0.25) is 0 Å². The summed E-state index contributed by atoms with van der Waals surface area (Å²) in [6.45, 7) is 9.37. The highest BCUT2D eigenvalue weighted by Gasteiger charge is 2.35. The lowest BCUT2D eigenvalue weighted by atomic mass is 10.1. The molecule has 1 fully saturated rings. The summed E-state index contributed by atoms with van der Waals surface area (Å²) in [7, 11) is 0. The Morgan fingerprint density at radius 3 is 2.47 bits per heavy atom. The Morgan fingerprint density at radius 2 is 1.87 bits per heavy atom. The first-order valence-corrected chi connectivity index (χ1v) is 10.3. The number of rotatable bonds is 7. The number of esters is 1. The van der Waals surface area contributed by atoms with Gasteiger partial charge in [0.05, 0.1) is 13.2 Å². The SMILES string of the molecule is CCOC(=O)c1[nH]c(C)c(C(=O)CN(C(=O)Nc2ccc(C)cc2C)C2CC2)c1C. The number of nitrogens with one attached hydrogen (secondary N) is 2. The second-order valence-electron chi connectivity index (χ2n) is 7.88. The van der Waals surface area contributed by atoms with Crippen LogP contribution >= 0.6 is 0 Å². The summed E-state index contributed by atoms with van der Waals surface area (Å²) in [5.41, 5.74) is 4.73. The van der Waals surface area contributed by atoms with Crippen LogP contribution in [0.5, 0.6) is 0 Å². The van der Waals surface area contributed by atoms with Gasteiger partial charge in [-0.3, -0.25) is 4.79 Å². The van der Waals surface area contributed by atoms with Crippen molar-refractivity contribution in [2.75, 3.05) is 18.5 Å². The number of urea groups is 1. The smallest absolute Gasteiger partial charge is 0.355 e. The molecule has 2 amide bonds. The van der Waals surface area contributed by atoms with Crippen LogP contribution in [-0.2, 0) is 4.74 Å². The third-order valence-electron chi connectivity index (χ3n) is 5.38. The number of ether oxygens (including phenoxy) is 1. The van der Waals surface area contributed by atoms with Gasteiger partial charge in [0.15, 0.2) is 5.78 Å². The van der Waals surface area contributed by atoms with Crippen molar-refractivity contribution in [1.82, 2.24) is 9.88 Å². The van der Waals surface area contributed by atoms with Gasteiger partial charge in [-0.2, -0.15) is 0 Å². The number of carbonyl (C=O) groups excluding carboxylic acids is 3. The Balaban J connectivity index is 1.78. The van der Waals surface area contributed by atoms with E-state index in [1.807, 2.05) is 32.0 Å². The lowest BCUT2D eigenvalue weighted by molar-refractivity contribution is 0.0519. The van der Waals surface area contributed by atoms with Crippen LogP contribution in [0.4, 0.5) is 10.5 Å². The Labute approximate surface area is 176 Å². The molecule has 1 aromatic carbocycles. The third kappa shape index (κ3) is 4.56. The van der Waals surface area contributed by atoms with E-state index in [2.05, 4.69) is 10.3 Å². The fourth-order valence-electron chi connectivity index (χ4n) is 3.70. The summed E-state index contributed by atoms with van der Waals surface area (Å²) in [5.74, 6) is -0.678. The topological polar surface area (TPSA) is 91.5 Å². The minimum atomic E-state index is -0.483.